The predicted molar refractivity (Wildman–Crippen MR) is 70.9 cm³/mol. The van der Waals surface area contributed by atoms with Gasteiger partial charge in [0.25, 0.3) is 0 Å². The summed E-state index contributed by atoms with van der Waals surface area (Å²) in [6, 6.07) is 3.70. The van der Waals surface area contributed by atoms with Crippen LogP contribution in [0.1, 0.15) is 27.7 Å². The number of carbonyl (C=O) groups excluding carboxylic acids is 1. The van der Waals surface area contributed by atoms with Crippen molar-refractivity contribution in [1.29, 1.82) is 0 Å². The van der Waals surface area contributed by atoms with Gasteiger partial charge in [-0.1, -0.05) is 0 Å². The maximum atomic E-state index is 12.1. The second kappa shape index (κ2) is 5.16. The summed E-state index contributed by atoms with van der Waals surface area (Å²) in [5.74, 6) is -0.187. The summed E-state index contributed by atoms with van der Waals surface area (Å²) in [5.41, 5.74) is 0.0674. The lowest BCUT2D eigenvalue weighted by Crippen LogP contribution is -2.47. The van der Waals surface area contributed by atoms with E-state index >= 15 is 0 Å². The van der Waals surface area contributed by atoms with Gasteiger partial charge in [0, 0.05) is 36.0 Å². The second-order valence-corrected chi connectivity index (χ2v) is 5.08. The van der Waals surface area contributed by atoms with Gasteiger partial charge in [-0.25, -0.2) is 4.79 Å². The summed E-state index contributed by atoms with van der Waals surface area (Å²) < 4.78 is 0. The highest BCUT2D eigenvalue weighted by atomic mass is 16.3. The van der Waals surface area contributed by atoms with Gasteiger partial charge < -0.3 is 20.4 Å². The first-order chi connectivity index (χ1) is 8.24. The van der Waals surface area contributed by atoms with Crippen LogP contribution in [-0.2, 0) is 0 Å². The molecule has 1 aromatic rings. The Kier molecular flexibility index (Phi) is 4.06. The van der Waals surface area contributed by atoms with Crippen molar-refractivity contribution in [2.45, 2.75) is 33.2 Å². The van der Waals surface area contributed by atoms with Crippen LogP contribution < -0.4 is 5.32 Å². The molecule has 0 aliphatic rings. The minimum absolute atomic E-state index is 0.0934. The molecule has 2 amide bonds. The van der Waals surface area contributed by atoms with Gasteiger partial charge in [0.15, 0.2) is 0 Å². The molecule has 0 aliphatic carbocycles. The average Bonchev–Trinajstić information content (AvgIpc) is 2.13. The lowest BCUT2D eigenvalue weighted by atomic mass is 10.1. The normalized spacial score (nSPS) is 11.1. The first-order valence-corrected chi connectivity index (χ1v) is 5.85. The summed E-state index contributed by atoms with van der Waals surface area (Å²) in [4.78, 5) is 13.7. The van der Waals surface area contributed by atoms with Crippen molar-refractivity contribution < 1.29 is 15.0 Å². The number of rotatable bonds is 2. The Morgan fingerprint density at radius 1 is 1.22 bits per heavy atom. The Hall–Kier alpha value is -1.91. The number of nitrogens with one attached hydrogen (secondary N) is 1. The number of hydrogen-bond donors (Lipinski definition) is 3. The lowest BCUT2D eigenvalue weighted by molar-refractivity contribution is 0.162. The lowest BCUT2D eigenvalue weighted by Gasteiger charge is -2.34. The first kappa shape index (κ1) is 14.2. The fourth-order valence-electron chi connectivity index (χ4n) is 1.78. The highest BCUT2D eigenvalue weighted by Crippen LogP contribution is 2.24. The summed E-state index contributed by atoms with van der Waals surface area (Å²) in [6.45, 7) is 8.28. The standard InChI is InChI=1S/C13H20N2O3/c1-5-15(13(2,3)4)12(18)14-9-6-10(16)8-11(17)7-9/h6-8,16-17H,5H2,1-4H3,(H,14,18). The van der Waals surface area contributed by atoms with Crippen LogP contribution in [0.15, 0.2) is 18.2 Å². The molecule has 0 bridgehead atoms. The quantitative estimate of drug-likeness (QED) is 0.757. The van der Waals surface area contributed by atoms with Crippen molar-refractivity contribution >= 4 is 11.7 Å². The first-order valence-electron chi connectivity index (χ1n) is 5.85. The second-order valence-electron chi connectivity index (χ2n) is 5.08. The van der Waals surface area contributed by atoms with Crippen LogP contribution in [-0.4, -0.2) is 33.2 Å². The van der Waals surface area contributed by atoms with E-state index in [4.69, 9.17) is 0 Å². The van der Waals surface area contributed by atoms with Crippen LogP contribution in [0.4, 0.5) is 10.5 Å². The maximum absolute atomic E-state index is 12.1. The number of carbonyl (C=O) groups is 1. The van der Waals surface area contributed by atoms with E-state index in [1.165, 1.54) is 18.2 Å². The van der Waals surface area contributed by atoms with E-state index < -0.39 is 0 Å². The van der Waals surface area contributed by atoms with Crippen LogP contribution in [0, 0.1) is 0 Å². The number of urea groups is 1. The third-order valence-electron chi connectivity index (χ3n) is 2.52. The molecule has 0 fully saturated rings. The number of aromatic hydroxyl groups is 2. The van der Waals surface area contributed by atoms with Crippen molar-refractivity contribution in [3.63, 3.8) is 0 Å². The summed E-state index contributed by atoms with van der Waals surface area (Å²) in [7, 11) is 0. The van der Waals surface area contributed by atoms with Gasteiger partial charge in [0.05, 0.1) is 0 Å². The molecule has 5 heteroatoms. The number of phenols is 2. The number of phenolic OH excluding ortho intramolecular Hbond substituents is 2. The molecule has 0 saturated heterocycles. The van der Waals surface area contributed by atoms with Crippen molar-refractivity contribution in [3.05, 3.63) is 18.2 Å². The molecule has 0 aliphatic heterocycles. The Morgan fingerprint density at radius 3 is 2.11 bits per heavy atom. The molecule has 0 radical (unpaired) electrons. The SMILES string of the molecule is CCN(C(=O)Nc1cc(O)cc(O)c1)C(C)(C)C. The Bertz CT molecular complexity index is 418. The average molecular weight is 252 g/mol. The Balaban J connectivity index is 2.86. The summed E-state index contributed by atoms with van der Waals surface area (Å²) >= 11 is 0. The van der Waals surface area contributed by atoms with E-state index in [0.29, 0.717) is 12.2 Å². The van der Waals surface area contributed by atoms with Crippen molar-refractivity contribution in [2.75, 3.05) is 11.9 Å². The van der Waals surface area contributed by atoms with Gasteiger partial charge in [-0.3, -0.25) is 0 Å². The molecule has 18 heavy (non-hydrogen) atoms. The van der Waals surface area contributed by atoms with Gasteiger partial charge in [0.2, 0.25) is 0 Å². The molecule has 0 unspecified atom stereocenters. The molecule has 0 atom stereocenters. The molecule has 5 nitrogen and oxygen atoms in total. The van der Waals surface area contributed by atoms with Crippen LogP contribution >= 0.6 is 0 Å². The third kappa shape index (κ3) is 3.55. The molecular weight excluding hydrogens is 232 g/mol. The number of benzene rings is 1. The van der Waals surface area contributed by atoms with Crippen molar-refractivity contribution in [1.82, 2.24) is 4.90 Å². The summed E-state index contributed by atoms with van der Waals surface area (Å²) in [6.07, 6.45) is 0. The number of anilines is 1. The highest BCUT2D eigenvalue weighted by Gasteiger charge is 2.24. The van der Waals surface area contributed by atoms with Crippen LogP contribution in [0.5, 0.6) is 11.5 Å². The molecule has 0 spiro atoms. The van der Waals surface area contributed by atoms with Crippen molar-refractivity contribution in [3.8, 4) is 11.5 Å². The number of amides is 2. The van der Waals surface area contributed by atoms with E-state index in [2.05, 4.69) is 5.32 Å². The Labute approximate surface area is 107 Å². The topological polar surface area (TPSA) is 72.8 Å². The molecule has 1 aromatic carbocycles. The molecular formula is C13H20N2O3. The number of nitrogens with zero attached hydrogens (tertiary/aromatic N) is 1. The zero-order valence-corrected chi connectivity index (χ0v) is 11.2. The molecule has 100 valence electrons. The zero-order chi connectivity index (χ0) is 13.9. The number of hydrogen-bond acceptors (Lipinski definition) is 3. The van der Waals surface area contributed by atoms with Crippen molar-refractivity contribution in [2.24, 2.45) is 0 Å². The van der Waals surface area contributed by atoms with Crippen LogP contribution in [0.25, 0.3) is 0 Å². The smallest absolute Gasteiger partial charge is 0.322 e. The largest absolute Gasteiger partial charge is 0.508 e. The van der Waals surface area contributed by atoms with E-state index in [9.17, 15) is 15.0 Å². The van der Waals surface area contributed by atoms with E-state index in [0.717, 1.165) is 0 Å². The van der Waals surface area contributed by atoms with E-state index in [-0.39, 0.29) is 23.1 Å². The highest BCUT2D eigenvalue weighted by molar-refractivity contribution is 5.90. The monoisotopic (exact) mass is 252 g/mol. The van der Waals surface area contributed by atoms with Crippen LogP contribution in [0.2, 0.25) is 0 Å². The van der Waals surface area contributed by atoms with Crippen LogP contribution in [0.3, 0.4) is 0 Å². The maximum Gasteiger partial charge on any atom is 0.322 e. The van der Waals surface area contributed by atoms with E-state index in [1.54, 1.807) is 4.90 Å². The minimum atomic E-state index is -0.294. The van der Waals surface area contributed by atoms with Gasteiger partial charge in [-0.05, 0) is 27.7 Å². The van der Waals surface area contributed by atoms with Gasteiger partial charge in [0.1, 0.15) is 11.5 Å². The van der Waals surface area contributed by atoms with Gasteiger partial charge in [-0.2, -0.15) is 0 Å². The molecule has 1 rings (SSSR count). The fraction of sp³-hybridized carbons (Fsp3) is 0.462. The molecule has 0 saturated carbocycles. The van der Waals surface area contributed by atoms with Gasteiger partial charge in [-0.15, -0.1) is 0 Å². The zero-order valence-electron chi connectivity index (χ0n) is 11.2. The van der Waals surface area contributed by atoms with E-state index in [1.807, 2.05) is 27.7 Å². The summed E-state index contributed by atoms with van der Waals surface area (Å²) in [5, 5.41) is 21.3. The third-order valence-corrected chi connectivity index (χ3v) is 2.52. The molecule has 0 aromatic heterocycles. The Morgan fingerprint density at radius 2 is 1.72 bits per heavy atom. The predicted octanol–water partition coefficient (Wildman–Crippen LogP) is 2.75. The molecule has 3 N–H and O–H groups in total. The van der Waals surface area contributed by atoms with Gasteiger partial charge >= 0.3 is 6.03 Å². The molecule has 0 heterocycles. The fourth-order valence-corrected chi connectivity index (χ4v) is 1.78. The minimum Gasteiger partial charge on any atom is -0.508 e.